The Morgan fingerprint density at radius 2 is 1.79 bits per heavy atom. The third kappa shape index (κ3) is 2.70. The number of fused-ring (bicyclic) bond motifs is 5. The first kappa shape index (κ1) is 18.2. The van der Waals surface area contributed by atoms with E-state index in [4.69, 9.17) is 9.16 Å². The summed E-state index contributed by atoms with van der Waals surface area (Å²) >= 11 is 0. The van der Waals surface area contributed by atoms with Gasteiger partial charge in [-0.15, -0.1) is 0 Å². The highest BCUT2D eigenvalue weighted by atomic mass is 28.4. The van der Waals surface area contributed by atoms with Crippen molar-refractivity contribution in [2.75, 3.05) is 6.61 Å². The van der Waals surface area contributed by atoms with Crippen LogP contribution in [-0.4, -0.2) is 27.0 Å². The Morgan fingerprint density at radius 1 is 1.21 bits per heavy atom. The molecule has 3 rings (SSSR count). The second-order valence-electron chi connectivity index (χ2n) is 9.49. The van der Waals surface area contributed by atoms with Gasteiger partial charge in [-0.1, -0.05) is 20.8 Å². The molecular formula is C20H34O3Si. The fourth-order valence-corrected chi connectivity index (χ4v) is 6.43. The molecule has 0 aromatic carbocycles. The molecule has 3 aliphatic rings. The Balaban J connectivity index is 1.88. The van der Waals surface area contributed by atoms with E-state index in [0.29, 0.717) is 24.4 Å². The van der Waals surface area contributed by atoms with Crippen molar-refractivity contribution in [3.8, 4) is 0 Å². The number of hydrogen-bond donors (Lipinski definition) is 0. The van der Waals surface area contributed by atoms with Gasteiger partial charge in [-0.2, -0.15) is 0 Å². The van der Waals surface area contributed by atoms with Crippen LogP contribution in [0.3, 0.4) is 0 Å². The normalized spacial score (nSPS) is 33.3. The van der Waals surface area contributed by atoms with Crippen LogP contribution in [0.4, 0.5) is 0 Å². The zero-order valence-electron chi connectivity index (χ0n) is 16.4. The molecule has 136 valence electrons. The molecule has 3 aliphatic carbocycles. The van der Waals surface area contributed by atoms with Crippen molar-refractivity contribution in [2.45, 2.75) is 78.1 Å². The van der Waals surface area contributed by atoms with Crippen LogP contribution in [0, 0.1) is 23.7 Å². The molecule has 3 nitrogen and oxygen atoms in total. The van der Waals surface area contributed by atoms with Gasteiger partial charge in [0.25, 0.3) is 0 Å². The maximum atomic E-state index is 12.6. The minimum absolute atomic E-state index is 0.0471. The van der Waals surface area contributed by atoms with Crippen LogP contribution in [-0.2, 0) is 14.0 Å². The van der Waals surface area contributed by atoms with E-state index in [1.165, 1.54) is 24.8 Å². The van der Waals surface area contributed by atoms with Crippen LogP contribution in [0.25, 0.3) is 0 Å². The van der Waals surface area contributed by atoms with Gasteiger partial charge in [-0.3, -0.25) is 0 Å². The summed E-state index contributed by atoms with van der Waals surface area (Å²) in [6.45, 7) is 15.9. The van der Waals surface area contributed by atoms with E-state index in [-0.39, 0.29) is 17.1 Å². The highest BCUT2D eigenvalue weighted by Gasteiger charge is 2.60. The zero-order valence-corrected chi connectivity index (χ0v) is 17.4. The van der Waals surface area contributed by atoms with E-state index < -0.39 is 8.32 Å². The Morgan fingerprint density at radius 3 is 2.33 bits per heavy atom. The van der Waals surface area contributed by atoms with Crippen LogP contribution in [0.5, 0.6) is 0 Å². The summed E-state index contributed by atoms with van der Waals surface area (Å²) in [5.41, 5.74) is 2.27. The quantitative estimate of drug-likeness (QED) is 0.521. The molecule has 4 heteroatoms. The van der Waals surface area contributed by atoms with Crippen LogP contribution >= 0.6 is 0 Å². The molecule has 0 amide bonds. The van der Waals surface area contributed by atoms with Gasteiger partial charge in [0.15, 0.2) is 8.32 Å². The minimum atomic E-state index is -1.85. The van der Waals surface area contributed by atoms with Gasteiger partial charge in [0.1, 0.15) is 0 Å². The van der Waals surface area contributed by atoms with Gasteiger partial charge in [0, 0.05) is 11.5 Å². The van der Waals surface area contributed by atoms with Gasteiger partial charge < -0.3 is 9.16 Å². The van der Waals surface area contributed by atoms with Crippen molar-refractivity contribution in [3.63, 3.8) is 0 Å². The molecule has 2 fully saturated rings. The van der Waals surface area contributed by atoms with Crippen molar-refractivity contribution in [2.24, 2.45) is 23.7 Å². The monoisotopic (exact) mass is 350 g/mol. The van der Waals surface area contributed by atoms with Crippen molar-refractivity contribution in [1.29, 1.82) is 0 Å². The highest BCUT2D eigenvalue weighted by Crippen LogP contribution is 2.64. The predicted octanol–water partition coefficient (Wildman–Crippen LogP) is 4.93. The summed E-state index contributed by atoms with van der Waals surface area (Å²) in [6, 6.07) is 0. The van der Waals surface area contributed by atoms with E-state index in [1.54, 1.807) is 0 Å². The van der Waals surface area contributed by atoms with Gasteiger partial charge in [0.2, 0.25) is 0 Å². The lowest BCUT2D eigenvalue weighted by Gasteiger charge is -2.48. The molecular weight excluding hydrogens is 316 g/mol. The van der Waals surface area contributed by atoms with Gasteiger partial charge >= 0.3 is 5.97 Å². The van der Waals surface area contributed by atoms with E-state index in [9.17, 15) is 4.79 Å². The first-order chi connectivity index (χ1) is 11.1. The molecule has 2 bridgehead atoms. The second kappa shape index (κ2) is 5.98. The second-order valence-corrected chi connectivity index (χ2v) is 14.3. The summed E-state index contributed by atoms with van der Waals surface area (Å²) in [5, 5.41) is 0.184. The Bertz CT molecular complexity index is 558. The largest absolute Gasteiger partial charge is 0.463 e. The van der Waals surface area contributed by atoms with Crippen LogP contribution in [0.1, 0.15) is 53.9 Å². The van der Waals surface area contributed by atoms with Crippen molar-refractivity contribution >= 4 is 14.3 Å². The third-order valence-electron chi connectivity index (χ3n) is 7.13. The number of hydrogen-bond acceptors (Lipinski definition) is 3. The predicted molar refractivity (Wildman–Crippen MR) is 99.2 cm³/mol. The molecule has 0 aliphatic heterocycles. The lowest BCUT2D eigenvalue weighted by molar-refractivity contribution is -0.140. The third-order valence-corrected chi connectivity index (χ3v) is 11.7. The average molecular weight is 351 g/mol. The molecule has 0 radical (unpaired) electrons. The molecule has 24 heavy (non-hydrogen) atoms. The number of carbonyl (C=O) groups is 1. The lowest BCUT2D eigenvalue weighted by atomic mass is 9.60. The van der Waals surface area contributed by atoms with Crippen molar-refractivity contribution in [3.05, 3.63) is 11.1 Å². The molecule has 0 aromatic rings. The van der Waals surface area contributed by atoms with Gasteiger partial charge in [-0.25, -0.2) is 4.79 Å². The number of ether oxygens (including phenoxy) is 1. The van der Waals surface area contributed by atoms with Crippen molar-refractivity contribution < 1.29 is 14.0 Å². The summed E-state index contributed by atoms with van der Waals surface area (Å²) in [7, 11) is -1.85. The molecule has 0 unspecified atom stereocenters. The average Bonchev–Trinajstić information content (AvgIpc) is 2.94. The maximum Gasteiger partial charge on any atom is 0.334 e. The van der Waals surface area contributed by atoms with E-state index in [1.807, 2.05) is 6.92 Å². The van der Waals surface area contributed by atoms with Gasteiger partial charge in [0.05, 0.1) is 12.7 Å². The standard InChI is InChI=1S/C20H34O3Si/c1-8-22-19(21)18-15(12(2)23-24(6,7)20(3,4)5)16-13-9-10-14(11-13)17(16)18/h12-14,16-17H,8-11H2,1-7H3/t12-,13+,14-,16+,17+/m0/s1. The molecule has 0 saturated heterocycles. The van der Waals surface area contributed by atoms with Crippen molar-refractivity contribution in [1.82, 2.24) is 0 Å². The van der Waals surface area contributed by atoms with E-state index in [0.717, 1.165) is 11.5 Å². The Kier molecular flexibility index (Phi) is 4.53. The molecule has 0 spiro atoms. The van der Waals surface area contributed by atoms with E-state index >= 15 is 0 Å². The molecule has 0 heterocycles. The van der Waals surface area contributed by atoms with Gasteiger partial charge in [-0.05, 0) is 74.6 Å². The Labute approximate surface area is 148 Å². The molecule has 5 atom stereocenters. The van der Waals surface area contributed by atoms with Crippen LogP contribution in [0.2, 0.25) is 18.1 Å². The summed E-state index contributed by atoms with van der Waals surface area (Å²) in [4.78, 5) is 12.6. The summed E-state index contributed by atoms with van der Waals surface area (Å²) in [5.74, 6) is 2.46. The fourth-order valence-electron chi connectivity index (χ4n) is 5.06. The molecule has 0 N–H and O–H groups in total. The smallest absolute Gasteiger partial charge is 0.334 e. The van der Waals surface area contributed by atoms with E-state index in [2.05, 4.69) is 40.8 Å². The number of rotatable bonds is 5. The lowest BCUT2D eigenvalue weighted by Crippen LogP contribution is -2.49. The zero-order chi connectivity index (χ0) is 17.9. The summed E-state index contributed by atoms with van der Waals surface area (Å²) in [6.07, 6.45) is 3.97. The molecule has 0 aromatic heterocycles. The van der Waals surface area contributed by atoms with Crippen LogP contribution < -0.4 is 0 Å². The topological polar surface area (TPSA) is 35.5 Å². The fraction of sp³-hybridized carbons (Fsp3) is 0.850. The first-order valence-electron chi connectivity index (χ1n) is 9.67. The number of carbonyl (C=O) groups excluding carboxylic acids is 1. The highest BCUT2D eigenvalue weighted by molar-refractivity contribution is 6.74. The SMILES string of the molecule is CCOC(=O)C1=C([C@H](C)O[Si](C)(C)C(C)(C)C)[C@H]2[C@@H]3CC[C@@H](C3)[C@@H]12. The summed E-state index contributed by atoms with van der Waals surface area (Å²) < 4.78 is 12.1. The Hall–Kier alpha value is -0.613. The minimum Gasteiger partial charge on any atom is -0.463 e. The van der Waals surface area contributed by atoms with Crippen LogP contribution in [0.15, 0.2) is 11.1 Å². The maximum absolute atomic E-state index is 12.6. The molecule has 2 saturated carbocycles. The number of esters is 1. The first-order valence-corrected chi connectivity index (χ1v) is 12.6.